The molecule has 0 unspecified atom stereocenters. The Balaban J connectivity index is 2.06. The van der Waals surface area contributed by atoms with Gasteiger partial charge in [-0.3, -0.25) is 0 Å². The second-order valence-electron chi connectivity index (χ2n) is 6.29. The minimum absolute atomic E-state index is 0.538. The van der Waals surface area contributed by atoms with Crippen molar-refractivity contribution in [2.75, 3.05) is 37.8 Å². The van der Waals surface area contributed by atoms with E-state index in [1.807, 2.05) is 30.3 Å². The maximum absolute atomic E-state index is 9.31. The van der Waals surface area contributed by atoms with E-state index in [1.54, 1.807) is 0 Å². The fourth-order valence-corrected chi connectivity index (χ4v) is 3.19. The predicted octanol–water partition coefficient (Wildman–Crippen LogP) is 2.95. The van der Waals surface area contributed by atoms with Crippen LogP contribution in [0.2, 0.25) is 0 Å². The maximum atomic E-state index is 9.31. The van der Waals surface area contributed by atoms with Crippen molar-refractivity contribution < 1.29 is 0 Å². The Kier molecular flexibility index (Phi) is 4.22. The number of benzene rings is 2. The Labute approximate surface area is 137 Å². The third-order valence-corrected chi connectivity index (χ3v) is 4.61. The van der Waals surface area contributed by atoms with Crippen LogP contribution in [0.4, 0.5) is 11.4 Å². The zero-order valence-corrected chi connectivity index (χ0v) is 13.7. The monoisotopic (exact) mass is 306 g/mol. The number of nitrogens with zero attached hydrogens (tertiary/aromatic N) is 3. The molecule has 1 aliphatic heterocycles. The third kappa shape index (κ3) is 3.01. The van der Waals surface area contributed by atoms with E-state index in [0.29, 0.717) is 17.3 Å². The second kappa shape index (κ2) is 6.31. The van der Waals surface area contributed by atoms with Crippen LogP contribution in [0.15, 0.2) is 42.5 Å². The molecule has 4 nitrogen and oxygen atoms in total. The van der Waals surface area contributed by atoms with Gasteiger partial charge >= 0.3 is 0 Å². The van der Waals surface area contributed by atoms with E-state index < -0.39 is 0 Å². The molecule has 0 aromatic heterocycles. The summed E-state index contributed by atoms with van der Waals surface area (Å²) < 4.78 is 0. The van der Waals surface area contributed by atoms with E-state index in [9.17, 15) is 5.26 Å². The summed E-state index contributed by atoms with van der Waals surface area (Å²) in [6.45, 7) is 1.99. The molecule has 1 aliphatic rings. The summed E-state index contributed by atoms with van der Waals surface area (Å²) in [6, 6.07) is 16.8. The molecule has 0 spiro atoms. The van der Waals surface area contributed by atoms with Crippen LogP contribution in [0.5, 0.6) is 0 Å². The maximum Gasteiger partial charge on any atom is 0.101 e. The largest absolute Gasteiger partial charge is 0.398 e. The molecule has 2 aromatic carbocycles. The zero-order chi connectivity index (χ0) is 16.4. The lowest BCUT2D eigenvalue weighted by Gasteiger charge is -2.25. The Bertz CT molecular complexity index is 731. The van der Waals surface area contributed by atoms with E-state index in [2.05, 4.69) is 42.1 Å². The summed E-state index contributed by atoms with van der Waals surface area (Å²) in [4.78, 5) is 4.65. The van der Waals surface area contributed by atoms with E-state index >= 15 is 0 Å². The number of nitrogen functional groups attached to an aromatic ring is 1. The van der Waals surface area contributed by atoms with Gasteiger partial charge in [0, 0.05) is 30.4 Å². The molecular formula is C19H22N4. The van der Waals surface area contributed by atoms with Crippen LogP contribution in [-0.2, 0) is 0 Å². The van der Waals surface area contributed by atoms with Gasteiger partial charge in [0.15, 0.2) is 0 Å². The molecule has 0 amide bonds. The van der Waals surface area contributed by atoms with Crippen LogP contribution in [0, 0.1) is 11.3 Å². The molecule has 4 heteroatoms. The highest BCUT2D eigenvalue weighted by Crippen LogP contribution is 2.36. The molecule has 3 rings (SSSR count). The van der Waals surface area contributed by atoms with Gasteiger partial charge in [0.2, 0.25) is 0 Å². The van der Waals surface area contributed by atoms with Gasteiger partial charge in [0.1, 0.15) is 6.07 Å². The fourth-order valence-electron chi connectivity index (χ4n) is 3.19. The Hall–Kier alpha value is -2.51. The number of nitriles is 1. The van der Waals surface area contributed by atoms with Crippen molar-refractivity contribution in [3.8, 4) is 17.2 Å². The summed E-state index contributed by atoms with van der Waals surface area (Å²) in [7, 11) is 4.25. The number of hydrogen-bond acceptors (Lipinski definition) is 4. The van der Waals surface area contributed by atoms with Gasteiger partial charge in [0.25, 0.3) is 0 Å². The lowest BCUT2D eigenvalue weighted by atomic mass is 9.99. The van der Waals surface area contributed by atoms with Crippen LogP contribution >= 0.6 is 0 Å². The first kappa shape index (κ1) is 15.4. The molecule has 0 bridgehead atoms. The van der Waals surface area contributed by atoms with E-state index in [-0.39, 0.29) is 0 Å². The van der Waals surface area contributed by atoms with E-state index in [0.717, 1.165) is 36.3 Å². The van der Waals surface area contributed by atoms with Crippen LogP contribution in [0.25, 0.3) is 11.1 Å². The quantitative estimate of drug-likeness (QED) is 0.886. The van der Waals surface area contributed by atoms with Crippen LogP contribution in [-0.4, -0.2) is 38.1 Å². The molecule has 1 fully saturated rings. The highest BCUT2D eigenvalue weighted by atomic mass is 15.2. The smallest absolute Gasteiger partial charge is 0.101 e. The van der Waals surface area contributed by atoms with Gasteiger partial charge in [-0.15, -0.1) is 0 Å². The van der Waals surface area contributed by atoms with Crippen molar-refractivity contribution >= 4 is 11.4 Å². The minimum Gasteiger partial charge on any atom is -0.398 e. The Morgan fingerprint density at radius 3 is 2.57 bits per heavy atom. The predicted molar refractivity (Wildman–Crippen MR) is 95.3 cm³/mol. The number of rotatable bonds is 3. The first-order valence-electron chi connectivity index (χ1n) is 7.90. The average molecular weight is 306 g/mol. The molecule has 0 saturated carbocycles. The van der Waals surface area contributed by atoms with Gasteiger partial charge in [-0.2, -0.15) is 5.26 Å². The summed E-state index contributed by atoms with van der Waals surface area (Å²) in [5, 5.41) is 9.31. The van der Waals surface area contributed by atoms with Gasteiger partial charge < -0.3 is 15.5 Å². The van der Waals surface area contributed by atoms with Crippen molar-refractivity contribution in [3.63, 3.8) is 0 Å². The van der Waals surface area contributed by atoms with Crippen LogP contribution in [0.3, 0.4) is 0 Å². The summed E-state index contributed by atoms with van der Waals surface area (Å²) in [5.41, 5.74) is 10.5. The normalized spacial score (nSPS) is 17.5. The molecule has 1 saturated heterocycles. The molecule has 1 heterocycles. The van der Waals surface area contributed by atoms with Gasteiger partial charge in [-0.05, 0) is 38.2 Å². The summed E-state index contributed by atoms with van der Waals surface area (Å²) in [5.74, 6) is 0. The topological polar surface area (TPSA) is 56.3 Å². The molecule has 23 heavy (non-hydrogen) atoms. The summed E-state index contributed by atoms with van der Waals surface area (Å²) in [6.07, 6.45) is 1.14. The molecule has 1 atom stereocenters. The third-order valence-electron chi connectivity index (χ3n) is 4.61. The number of likely N-dealkylation sites (N-methyl/N-ethyl adjacent to an activating group) is 1. The summed E-state index contributed by atoms with van der Waals surface area (Å²) >= 11 is 0. The molecular weight excluding hydrogens is 284 g/mol. The van der Waals surface area contributed by atoms with Crippen molar-refractivity contribution in [3.05, 3.63) is 48.0 Å². The highest BCUT2D eigenvalue weighted by molar-refractivity contribution is 5.84. The van der Waals surface area contributed by atoms with Crippen molar-refractivity contribution in [2.45, 2.75) is 12.5 Å². The second-order valence-corrected chi connectivity index (χ2v) is 6.29. The average Bonchev–Trinajstić information content (AvgIpc) is 3.05. The lowest BCUT2D eigenvalue weighted by molar-refractivity contribution is 0.315. The fraction of sp³-hybridized carbons (Fsp3) is 0.316. The minimum atomic E-state index is 0.538. The van der Waals surface area contributed by atoms with Crippen molar-refractivity contribution in [1.29, 1.82) is 5.26 Å². The standard InChI is InChI=1S/C19H22N4/c1-22(2)16-8-9-23(13-16)19-11-18(21)15(12-20)10-17(19)14-6-4-3-5-7-14/h3-7,10-11,16H,8-9,13,21H2,1-2H3/t16-/m0/s1. The molecule has 2 N–H and O–H groups in total. The first-order chi connectivity index (χ1) is 11.1. The SMILES string of the molecule is CN(C)[C@H]1CCN(c2cc(N)c(C#N)cc2-c2ccccc2)C1. The molecule has 0 radical (unpaired) electrons. The van der Waals surface area contributed by atoms with Crippen LogP contribution < -0.4 is 10.6 Å². The number of nitrogens with two attached hydrogens (primary N) is 1. The number of anilines is 2. The van der Waals surface area contributed by atoms with Gasteiger partial charge in [-0.25, -0.2) is 0 Å². The first-order valence-corrected chi connectivity index (χ1v) is 7.90. The molecule has 0 aliphatic carbocycles. The highest BCUT2D eigenvalue weighted by Gasteiger charge is 2.26. The Morgan fingerprint density at radius 2 is 1.96 bits per heavy atom. The number of hydrogen-bond donors (Lipinski definition) is 1. The zero-order valence-electron chi connectivity index (χ0n) is 13.7. The van der Waals surface area contributed by atoms with E-state index in [1.165, 1.54) is 0 Å². The molecule has 2 aromatic rings. The van der Waals surface area contributed by atoms with Crippen LogP contribution in [0.1, 0.15) is 12.0 Å². The van der Waals surface area contributed by atoms with Gasteiger partial charge in [-0.1, -0.05) is 30.3 Å². The Morgan fingerprint density at radius 1 is 1.22 bits per heavy atom. The van der Waals surface area contributed by atoms with Crippen molar-refractivity contribution in [1.82, 2.24) is 4.90 Å². The van der Waals surface area contributed by atoms with Gasteiger partial charge in [0.05, 0.1) is 11.3 Å². The van der Waals surface area contributed by atoms with Crippen molar-refractivity contribution in [2.24, 2.45) is 0 Å². The molecule has 118 valence electrons. The van der Waals surface area contributed by atoms with E-state index in [4.69, 9.17) is 5.73 Å². The lowest BCUT2D eigenvalue weighted by Crippen LogP contribution is -2.31.